The number of rotatable bonds is 5. The van der Waals surface area contributed by atoms with Crippen molar-refractivity contribution in [2.45, 2.75) is 32.4 Å². The van der Waals surface area contributed by atoms with Crippen LogP contribution in [0, 0.1) is 5.92 Å². The summed E-state index contributed by atoms with van der Waals surface area (Å²) in [6.07, 6.45) is -0.0439. The van der Waals surface area contributed by atoms with Crippen LogP contribution in [0.2, 0.25) is 0 Å². The SMILES string of the molecule is CCc1ccc(N2C(=O)C3ON(c4ccccc4)C(c4ccc(NC(C)=O)cc4)C3C2=O)cc1. The fourth-order valence-electron chi connectivity index (χ4n) is 4.65. The highest BCUT2D eigenvalue weighted by Gasteiger charge is 2.60. The molecule has 0 aromatic heterocycles. The molecule has 2 fully saturated rings. The van der Waals surface area contributed by atoms with Crippen LogP contribution in [0.25, 0.3) is 0 Å². The van der Waals surface area contributed by atoms with E-state index in [0.29, 0.717) is 11.4 Å². The van der Waals surface area contributed by atoms with E-state index in [0.717, 1.165) is 23.2 Å². The number of carbonyl (C=O) groups is 3. The second-order valence-electron chi connectivity index (χ2n) is 8.49. The molecule has 0 saturated carbocycles. The highest BCUT2D eigenvalue weighted by atomic mass is 16.7. The molecule has 0 spiro atoms. The largest absolute Gasteiger partial charge is 0.326 e. The maximum Gasteiger partial charge on any atom is 0.266 e. The summed E-state index contributed by atoms with van der Waals surface area (Å²) in [6, 6.07) is 23.7. The van der Waals surface area contributed by atoms with Crippen LogP contribution in [0.15, 0.2) is 78.9 Å². The van der Waals surface area contributed by atoms with Gasteiger partial charge < -0.3 is 5.32 Å². The third-order valence-corrected chi connectivity index (χ3v) is 6.30. The third-order valence-electron chi connectivity index (χ3n) is 6.30. The lowest BCUT2D eigenvalue weighted by atomic mass is 9.90. The number of anilines is 3. The number of hydroxylamine groups is 1. The van der Waals surface area contributed by atoms with Crippen LogP contribution in [0.4, 0.5) is 17.1 Å². The lowest BCUT2D eigenvalue weighted by Gasteiger charge is -2.29. The molecule has 0 bridgehead atoms. The number of nitrogens with zero attached hydrogens (tertiary/aromatic N) is 2. The molecule has 7 nitrogen and oxygen atoms in total. The first-order valence-corrected chi connectivity index (χ1v) is 11.3. The number of imide groups is 1. The van der Waals surface area contributed by atoms with Crippen LogP contribution in [-0.2, 0) is 25.6 Å². The highest BCUT2D eigenvalue weighted by Crippen LogP contribution is 2.47. The maximum absolute atomic E-state index is 13.7. The molecular formula is C27H25N3O4. The summed E-state index contributed by atoms with van der Waals surface area (Å²) >= 11 is 0. The van der Waals surface area contributed by atoms with Crippen molar-refractivity contribution in [3.05, 3.63) is 90.0 Å². The number of hydrogen-bond donors (Lipinski definition) is 1. The molecule has 3 unspecified atom stereocenters. The Bertz CT molecular complexity index is 1220. The summed E-state index contributed by atoms with van der Waals surface area (Å²) in [5.74, 6) is -1.51. The zero-order chi connectivity index (χ0) is 23.8. The zero-order valence-electron chi connectivity index (χ0n) is 19.0. The van der Waals surface area contributed by atoms with Gasteiger partial charge in [-0.1, -0.05) is 49.4 Å². The average Bonchev–Trinajstić information content (AvgIpc) is 3.36. The lowest BCUT2D eigenvalue weighted by Crippen LogP contribution is -2.37. The Balaban J connectivity index is 1.53. The van der Waals surface area contributed by atoms with Crippen molar-refractivity contribution < 1.29 is 19.2 Å². The quantitative estimate of drug-likeness (QED) is 0.582. The molecule has 2 saturated heterocycles. The molecule has 3 aromatic rings. The van der Waals surface area contributed by atoms with Crippen LogP contribution in [0.3, 0.4) is 0 Å². The predicted octanol–water partition coefficient (Wildman–Crippen LogP) is 4.26. The normalized spacial score (nSPS) is 21.6. The van der Waals surface area contributed by atoms with E-state index in [2.05, 4.69) is 12.2 Å². The van der Waals surface area contributed by atoms with E-state index in [1.165, 1.54) is 11.8 Å². The minimum Gasteiger partial charge on any atom is -0.326 e. The number of nitrogens with one attached hydrogen (secondary N) is 1. The van der Waals surface area contributed by atoms with Gasteiger partial charge in [0.15, 0.2) is 6.10 Å². The summed E-state index contributed by atoms with van der Waals surface area (Å²) < 4.78 is 0. The molecule has 2 aliphatic rings. The van der Waals surface area contributed by atoms with Crippen LogP contribution in [0.1, 0.15) is 31.0 Å². The van der Waals surface area contributed by atoms with E-state index < -0.39 is 18.1 Å². The molecule has 1 N–H and O–H groups in total. The van der Waals surface area contributed by atoms with Gasteiger partial charge in [-0.2, -0.15) is 0 Å². The Morgan fingerprint density at radius 2 is 1.56 bits per heavy atom. The van der Waals surface area contributed by atoms with Gasteiger partial charge in [-0.05, 0) is 53.9 Å². The summed E-state index contributed by atoms with van der Waals surface area (Å²) in [6.45, 7) is 3.50. The van der Waals surface area contributed by atoms with Crippen molar-refractivity contribution >= 4 is 34.8 Å². The molecule has 3 aromatic carbocycles. The Morgan fingerprint density at radius 3 is 2.18 bits per heavy atom. The summed E-state index contributed by atoms with van der Waals surface area (Å²) in [5.41, 5.74) is 3.91. The second-order valence-corrected chi connectivity index (χ2v) is 8.49. The van der Waals surface area contributed by atoms with Crippen LogP contribution in [0.5, 0.6) is 0 Å². The molecule has 3 atom stereocenters. The third kappa shape index (κ3) is 3.74. The molecule has 7 heteroatoms. The maximum atomic E-state index is 13.7. The number of benzene rings is 3. The highest BCUT2D eigenvalue weighted by molar-refractivity contribution is 6.23. The number of hydrogen-bond acceptors (Lipinski definition) is 5. The van der Waals surface area contributed by atoms with Crippen molar-refractivity contribution in [1.29, 1.82) is 0 Å². The molecular weight excluding hydrogens is 430 g/mol. The standard InChI is InChI=1S/C27H25N3O4/c1-3-18-9-15-21(16-10-18)29-26(32)23-24(19-11-13-20(14-12-19)28-17(2)31)30(34-25(23)27(29)33)22-7-5-4-6-8-22/h4-16,23-25H,3H2,1-2H3,(H,28,31). The van der Waals surface area contributed by atoms with Crippen LogP contribution in [-0.4, -0.2) is 23.8 Å². The first kappa shape index (κ1) is 21.9. The summed E-state index contributed by atoms with van der Waals surface area (Å²) in [5, 5.41) is 4.42. The zero-order valence-corrected chi connectivity index (χ0v) is 19.0. The van der Waals surface area contributed by atoms with E-state index in [9.17, 15) is 14.4 Å². The van der Waals surface area contributed by atoms with E-state index in [4.69, 9.17) is 4.84 Å². The van der Waals surface area contributed by atoms with Crippen molar-refractivity contribution in [2.24, 2.45) is 5.92 Å². The Hall–Kier alpha value is -3.97. The lowest BCUT2D eigenvalue weighted by molar-refractivity contribution is -0.126. The number of carbonyl (C=O) groups excluding carboxylic acids is 3. The number of para-hydroxylation sites is 1. The fourth-order valence-corrected chi connectivity index (χ4v) is 4.65. The Kier molecular flexibility index (Phi) is 5.63. The predicted molar refractivity (Wildman–Crippen MR) is 129 cm³/mol. The molecule has 3 amide bonds. The second kappa shape index (κ2) is 8.76. The minimum absolute atomic E-state index is 0.163. The fraction of sp³-hybridized carbons (Fsp3) is 0.222. The average molecular weight is 456 g/mol. The number of amides is 3. The number of aryl methyl sites for hydroxylation is 1. The van der Waals surface area contributed by atoms with Crippen molar-refractivity contribution in [3.8, 4) is 0 Å². The minimum atomic E-state index is -0.918. The van der Waals surface area contributed by atoms with Gasteiger partial charge in [0.25, 0.3) is 5.91 Å². The summed E-state index contributed by atoms with van der Waals surface area (Å²) in [7, 11) is 0. The summed E-state index contributed by atoms with van der Waals surface area (Å²) in [4.78, 5) is 45.9. The van der Waals surface area contributed by atoms with Gasteiger partial charge in [0.05, 0.1) is 17.4 Å². The topological polar surface area (TPSA) is 79.0 Å². The van der Waals surface area contributed by atoms with Gasteiger partial charge in [-0.15, -0.1) is 0 Å². The molecule has 34 heavy (non-hydrogen) atoms. The Labute approximate surface area is 197 Å². The molecule has 5 rings (SSSR count). The smallest absolute Gasteiger partial charge is 0.266 e. The van der Waals surface area contributed by atoms with Gasteiger partial charge in [0, 0.05) is 12.6 Å². The molecule has 172 valence electrons. The van der Waals surface area contributed by atoms with Gasteiger partial charge in [0.1, 0.15) is 5.92 Å². The van der Waals surface area contributed by atoms with E-state index in [1.54, 1.807) is 17.2 Å². The van der Waals surface area contributed by atoms with Gasteiger partial charge >= 0.3 is 0 Å². The van der Waals surface area contributed by atoms with Crippen molar-refractivity contribution in [1.82, 2.24) is 0 Å². The van der Waals surface area contributed by atoms with Gasteiger partial charge in [-0.3, -0.25) is 19.2 Å². The molecule has 0 aliphatic carbocycles. The monoisotopic (exact) mass is 455 g/mol. The first-order chi connectivity index (χ1) is 16.5. The van der Waals surface area contributed by atoms with Crippen LogP contribution >= 0.6 is 0 Å². The van der Waals surface area contributed by atoms with Gasteiger partial charge in [0.2, 0.25) is 11.8 Å². The van der Waals surface area contributed by atoms with Crippen molar-refractivity contribution in [2.75, 3.05) is 15.3 Å². The van der Waals surface area contributed by atoms with Crippen LogP contribution < -0.4 is 15.3 Å². The van der Waals surface area contributed by atoms with Gasteiger partial charge in [-0.25, -0.2) is 9.96 Å². The number of fused-ring (bicyclic) bond motifs is 1. The molecule has 2 heterocycles. The first-order valence-electron chi connectivity index (χ1n) is 11.3. The van der Waals surface area contributed by atoms with E-state index >= 15 is 0 Å². The van der Waals surface area contributed by atoms with Crippen molar-refractivity contribution in [3.63, 3.8) is 0 Å². The molecule has 0 radical (unpaired) electrons. The molecule has 2 aliphatic heterocycles. The van der Waals surface area contributed by atoms with E-state index in [-0.39, 0.29) is 17.7 Å². The Morgan fingerprint density at radius 1 is 0.882 bits per heavy atom. The van der Waals surface area contributed by atoms with E-state index in [1.807, 2.05) is 66.7 Å².